The second-order valence-corrected chi connectivity index (χ2v) is 3.30. The summed E-state index contributed by atoms with van der Waals surface area (Å²) in [6.45, 7) is 0. The minimum absolute atomic E-state index is 0.323. The fourth-order valence-corrected chi connectivity index (χ4v) is 1.81. The zero-order valence-electron chi connectivity index (χ0n) is 6.95. The van der Waals surface area contributed by atoms with Crippen LogP contribution in [0.2, 0.25) is 0 Å². The summed E-state index contributed by atoms with van der Waals surface area (Å²) < 4.78 is 0. The lowest BCUT2D eigenvalue weighted by molar-refractivity contribution is -0.133. The van der Waals surface area contributed by atoms with Gasteiger partial charge in [0.25, 0.3) is 0 Å². The highest BCUT2D eigenvalue weighted by atomic mass is 16.2. The van der Waals surface area contributed by atoms with Crippen molar-refractivity contribution in [1.82, 2.24) is 0 Å². The van der Waals surface area contributed by atoms with Crippen LogP contribution in [0.1, 0.15) is 25.7 Å². The van der Waals surface area contributed by atoms with Crippen molar-refractivity contribution in [2.24, 2.45) is 23.3 Å². The Hall–Kier alpha value is -1.06. The normalized spacial score (nSPS) is 29.7. The highest BCUT2D eigenvalue weighted by Crippen LogP contribution is 2.29. The van der Waals surface area contributed by atoms with Crippen LogP contribution in [0.15, 0.2) is 0 Å². The van der Waals surface area contributed by atoms with Crippen molar-refractivity contribution in [2.75, 3.05) is 0 Å². The highest BCUT2D eigenvalue weighted by Gasteiger charge is 2.32. The van der Waals surface area contributed by atoms with Crippen molar-refractivity contribution < 1.29 is 9.59 Å². The van der Waals surface area contributed by atoms with E-state index in [-0.39, 0.29) is 11.8 Å². The Morgan fingerprint density at radius 3 is 1.50 bits per heavy atom. The van der Waals surface area contributed by atoms with Crippen molar-refractivity contribution in [3.63, 3.8) is 0 Å². The lowest BCUT2D eigenvalue weighted by Gasteiger charge is -2.26. The van der Waals surface area contributed by atoms with Gasteiger partial charge in [0.05, 0.1) is 0 Å². The fourth-order valence-electron chi connectivity index (χ4n) is 1.81. The van der Waals surface area contributed by atoms with E-state index in [0.29, 0.717) is 12.8 Å². The number of rotatable bonds is 2. The molecule has 4 N–H and O–H groups in total. The summed E-state index contributed by atoms with van der Waals surface area (Å²) >= 11 is 0. The first-order valence-corrected chi connectivity index (χ1v) is 4.21. The third-order valence-electron chi connectivity index (χ3n) is 2.50. The van der Waals surface area contributed by atoms with Crippen LogP contribution < -0.4 is 11.5 Å². The molecule has 1 aliphatic rings. The molecule has 0 radical (unpaired) electrons. The molecule has 12 heavy (non-hydrogen) atoms. The lowest BCUT2D eigenvalue weighted by Crippen LogP contribution is -2.39. The van der Waals surface area contributed by atoms with Gasteiger partial charge in [-0.05, 0) is 12.8 Å². The average Bonchev–Trinajstić information content (AvgIpc) is 2.04. The third kappa shape index (κ3) is 1.75. The minimum Gasteiger partial charge on any atom is -0.369 e. The molecule has 2 unspecified atom stereocenters. The van der Waals surface area contributed by atoms with Gasteiger partial charge < -0.3 is 11.5 Å². The van der Waals surface area contributed by atoms with Crippen molar-refractivity contribution >= 4 is 11.8 Å². The Morgan fingerprint density at radius 2 is 1.25 bits per heavy atom. The SMILES string of the molecule is NC(=O)C1CCCCC1C(N)=O. The van der Waals surface area contributed by atoms with Gasteiger partial charge in [-0.15, -0.1) is 0 Å². The molecule has 0 aliphatic heterocycles. The molecule has 0 saturated heterocycles. The van der Waals surface area contributed by atoms with Gasteiger partial charge in [-0.1, -0.05) is 12.8 Å². The van der Waals surface area contributed by atoms with Gasteiger partial charge in [0.15, 0.2) is 0 Å². The molecule has 2 atom stereocenters. The molecule has 1 aliphatic carbocycles. The smallest absolute Gasteiger partial charge is 0.221 e. The van der Waals surface area contributed by atoms with Crippen molar-refractivity contribution in [3.05, 3.63) is 0 Å². The second-order valence-electron chi connectivity index (χ2n) is 3.30. The fraction of sp³-hybridized carbons (Fsp3) is 0.750. The van der Waals surface area contributed by atoms with Crippen LogP contribution in [0.4, 0.5) is 0 Å². The standard InChI is InChI=1S/C8H14N2O2/c9-7(11)5-3-1-2-4-6(5)8(10)12/h5-6H,1-4H2,(H2,9,11)(H2,10,12). The maximum absolute atomic E-state index is 10.9. The number of primary amides is 2. The van der Waals surface area contributed by atoms with Gasteiger partial charge in [-0.25, -0.2) is 0 Å². The van der Waals surface area contributed by atoms with Crippen LogP contribution >= 0.6 is 0 Å². The van der Waals surface area contributed by atoms with E-state index in [9.17, 15) is 9.59 Å². The molecule has 1 fully saturated rings. The van der Waals surface area contributed by atoms with Crippen LogP contribution in [-0.4, -0.2) is 11.8 Å². The van der Waals surface area contributed by atoms with E-state index in [1.165, 1.54) is 0 Å². The van der Waals surface area contributed by atoms with Crippen molar-refractivity contribution in [1.29, 1.82) is 0 Å². The molecule has 0 aromatic heterocycles. The number of carbonyl (C=O) groups excluding carboxylic acids is 2. The van der Waals surface area contributed by atoms with Gasteiger partial charge in [-0.2, -0.15) is 0 Å². The van der Waals surface area contributed by atoms with Gasteiger partial charge in [0.2, 0.25) is 11.8 Å². The van der Waals surface area contributed by atoms with E-state index >= 15 is 0 Å². The molecule has 0 aromatic rings. The summed E-state index contributed by atoms with van der Waals surface area (Å²) in [5.41, 5.74) is 10.3. The first-order chi connectivity index (χ1) is 5.63. The maximum Gasteiger partial charge on any atom is 0.221 e. The van der Waals surface area contributed by atoms with E-state index < -0.39 is 11.8 Å². The first-order valence-electron chi connectivity index (χ1n) is 4.21. The quantitative estimate of drug-likeness (QED) is 0.599. The highest BCUT2D eigenvalue weighted by molar-refractivity contribution is 5.86. The number of hydrogen-bond acceptors (Lipinski definition) is 2. The predicted octanol–water partition coefficient (Wildman–Crippen LogP) is -0.237. The van der Waals surface area contributed by atoms with Crippen LogP contribution in [0, 0.1) is 11.8 Å². The van der Waals surface area contributed by atoms with E-state index in [0.717, 1.165) is 12.8 Å². The first kappa shape index (κ1) is 9.03. The number of carbonyl (C=O) groups is 2. The number of amides is 2. The predicted molar refractivity (Wildman–Crippen MR) is 43.8 cm³/mol. The van der Waals surface area contributed by atoms with Crippen molar-refractivity contribution in [3.8, 4) is 0 Å². The van der Waals surface area contributed by atoms with Crippen molar-refractivity contribution in [2.45, 2.75) is 25.7 Å². The zero-order valence-corrected chi connectivity index (χ0v) is 6.95. The molecule has 0 aromatic carbocycles. The summed E-state index contributed by atoms with van der Waals surface area (Å²) in [4.78, 5) is 21.8. The van der Waals surface area contributed by atoms with Crippen LogP contribution in [0.5, 0.6) is 0 Å². The Morgan fingerprint density at radius 1 is 0.917 bits per heavy atom. The molecule has 4 heteroatoms. The molecule has 1 rings (SSSR count). The molecule has 68 valence electrons. The van der Waals surface area contributed by atoms with Crippen LogP contribution in [0.25, 0.3) is 0 Å². The van der Waals surface area contributed by atoms with Crippen LogP contribution in [0.3, 0.4) is 0 Å². The summed E-state index contributed by atoms with van der Waals surface area (Å²) in [5, 5.41) is 0. The lowest BCUT2D eigenvalue weighted by atomic mass is 9.78. The molecular weight excluding hydrogens is 156 g/mol. The molecular formula is C8H14N2O2. The summed E-state index contributed by atoms with van der Waals surface area (Å²) in [6, 6.07) is 0. The zero-order chi connectivity index (χ0) is 9.14. The number of hydrogen-bond donors (Lipinski definition) is 2. The topological polar surface area (TPSA) is 86.2 Å². The average molecular weight is 170 g/mol. The van der Waals surface area contributed by atoms with E-state index in [4.69, 9.17) is 11.5 Å². The molecule has 4 nitrogen and oxygen atoms in total. The maximum atomic E-state index is 10.9. The minimum atomic E-state index is -0.390. The largest absolute Gasteiger partial charge is 0.369 e. The Kier molecular flexibility index (Phi) is 2.68. The Labute approximate surface area is 71.3 Å². The van der Waals surface area contributed by atoms with E-state index in [2.05, 4.69) is 0 Å². The molecule has 0 heterocycles. The monoisotopic (exact) mass is 170 g/mol. The molecule has 2 amide bonds. The summed E-state index contributed by atoms with van der Waals surface area (Å²) in [7, 11) is 0. The van der Waals surface area contributed by atoms with E-state index in [1.54, 1.807) is 0 Å². The van der Waals surface area contributed by atoms with Gasteiger partial charge >= 0.3 is 0 Å². The molecule has 1 saturated carbocycles. The summed E-state index contributed by atoms with van der Waals surface area (Å²) in [5.74, 6) is -1.43. The van der Waals surface area contributed by atoms with Crippen LogP contribution in [-0.2, 0) is 9.59 Å². The molecule has 0 spiro atoms. The van der Waals surface area contributed by atoms with Gasteiger partial charge in [-0.3, -0.25) is 9.59 Å². The van der Waals surface area contributed by atoms with Gasteiger partial charge in [0.1, 0.15) is 0 Å². The second kappa shape index (κ2) is 3.56. The molecule has 0 bridgehead atoms. The van der Waals surface area contributed by atoms with E-state index in [1.807, 2.05) is 0 Å². The Bertz CT molecular complexity index is 181. The third-order valence-corrected chi connectivity index (χ3v) is 2.50. The number of nitrogens with two attached hydrogens (primary N) is 2. The summed E-state index contributed by atoms with van der Waals surface area (Å²) in [6.07, 6.45) is 3.36. The van der Waals surface area contributed by atoms with Gasteiger partial charge in [0, 0.05) is 11.8 Å². The Balaban J connectivity index is 2.67.